The van der Waals surface area contributed by atoms with Gasteiger partial charge in [-0.15, -0.1) is 0 Å². The second-order valence-corrected chi connectivity index (χ2v) is 4.06. The monoisotopic (exact) mass is 238 g/mol. The summed E-state index contributed by atoms with van der Waals surface area (Å²) in [7, 11) is 0. The van der Waals surface area contributed by atoms with E-state index in [0.717, 1.165) is 0 Å². The summed E-state index contributed by atoms with van der Waals surface area (Å²) < 4.78 is 0. The van der Waals surface area contributed by atoms with E-state index in [1.165, 1.54) is 24.3 Å². The maximum Gasteiger partial charge on any atom is 0.269 e. The molecule has 0 spiro atoms. The molecule has 0 aromatic heterocycles. The van der Waals surface area contributed by atoms with Crippen LogP contribution in [-0.4, -0.2) is 11.0 Å². The molecule has 0 radical (unpaired) electrons. The van der Waals surface area contributed by atoms with Crippen LogP contribution >= 0.6 is 11.6 Å². The second kappa shape index (κ2) is 3.70. The molecule has 2 rings (SSSR count). The molecule has 0 aliphatic heterocycles. The number of nitro groups is 1. The molecule has 1 aromatic rings. The van der Waals surface area contributed by atoms with Crippen molar-refractivity contribution >= 4 is 23.4 Å². The Labute approximate surface area is 95.9 Å². The fourth-order valence-corrected chi connectivity index (χ4v) is 1.92. The quantitative estimate of drug-likeness (QED) is 0.352. The molecule has 0 unspecified atom stereocenters. The lowest BCUT2D eigenvalue weighted by Crippen LogP contribution is -2.04. The van der Waals surface area contributed by atoms with Gasteiger partial charge in [-0.3, -0.25) is 10.1 Å². The van der Waals surface area contributed by atoms with Crippen LogP contribution in [-0.2, 0) is 10.3 Å². The van der Waals surface area contributed by atoms with Crippen molar-refractivity contribution in [2.24, 2.45) is 4.99 Å². The average Bonchev–Trinajstić information content (AvgIpc) is 2.99. The van der Waals surface area contributed by atoms with E-state index in [4.69, 9.17) is 11.6 Å². The van der Waals surface area contributed by atoms with Gasteiger partial charge in [0.15, 0.2) is 0 Å². The van der Waals surface area contributed by atoms with Gasteiger partial charge in [-0.2, -0.15) is 4.99 Å². The minimum absolute atomic E-state index is 0.0493. The Bertz CT molecular complexity index is 505. The molecule has 0 bridgehead atoms. The summed E-state index contributed by atoms with van der Waals surface area (Å²) in [6.45, 7) is 0. The number of isocyanates is 1. The van der Waals surface area contributed by atoms with E-state index in [0.29, 0.717) is 23.4 Å². The molecule has 0 N–H and O–H groups in total. The van der Waals surface area contributed by atoms with Crippen LogP contribution in [0.5, 0.6) is 0 Å². The first-order chi connectivity index (χ1) is 7.59. The fraction of sp³-hybridized carbons (Fsp3) is 0.300. The molecule has 82 valence electrons. The van der Waals surface area contributed by atoms with E-state index in [2.05, 4.69) is 4.99 Å². The number of benzene rings is 1. The van der Waals surface area contributed by atoms with Gasteiger partial charge in [-0.1, -0.05) is 11.6 Å². The van der Waals surface area contributed by atoms with Gasteiger partial charge in [0.25, 0.3) is 5.69 Å². The smallest absolute Gasteiger partial charge is 0.258 e. The molecule has 1 fully saturated rings. The summed E-state index contributed by atoms with van der Waals surface area (Å²) in [6.07, 6.45) is 2.83. The number of non-ortho nitro benzene ring substituents is 1. The number of nitrogens with zero attached hydrogens (tertiary/aromatic N) is 2. The third-order valence-electron chi connectivity index (χ3n) is 2.65. The van der Waals surface area contributed by atoms with Crippen LogP contribution in [0.25, 0.3) is 0 Å². The van der Waals surface area contributed by atoms with Crippen molar-refractivity contribution in [3.63, 3.8) is 0 Å². The third kappa shape index (κ3) is 1.71. The highest BCUT2D eigenvalue weighted by molar-refractivity contribution is 6.31. The van der Waals surface area contributed by atoms with Crippen LogP contribution in [0.15, 0.2) is 23.2 Å². The second-order valence-electron chi connectivity index (χ2n) is 3.66. The lowest BCUT2D eigenvalue weighted by atomic mass is 10.0. The molecule has 0 atom stereocenters. The van der Waals surface area contributed by atoms with Gasteiger partial charge < -0.3 is 0 Å². The van der Waals surface area contributed by atoms with Crippen molar-refractivity contribution in [3.8, 4) is 0 Å². The third-order valence-corrected chi connectivity index (χ3v) is 2.97. The van der Waals surface area contributed by atoms with Gasteiger partial charge >= 0.3 is 0 Å². The van der Waals surface area contributed by atoms with Gasteiger partial charge in [0.05, 0.1) is 4.92 Å². The Kier molecular flexibility index (Phi) is 2.50. The van der Waals surface area contributed by atoms with Crippen LogP contribution < -0.4 is 0 Å². The van der Waals surface area contributed by atoms with Crippen LogP contribution in [0.3, 0.4) is 0 Å². The van der Waals surface area contributed by atoms with Crippen molar-refractivity contribution in [3.05, 3.63) is 38.9 Å². The van der Waals surface area contributed by atoms with Crippen molar-refractivity contribution in [1.29, 1.82) is 0 Å². The zero-order valence-electron chi connectivity index (χ0n) is 8.14. The van der Waals surface area contributed by atoms with Crippen molar-refractivity contribution in [1.82, 2.24) is 0 Å². The van der Waals surface area contributed by atoms with Crippen molar-refractivity contribution in [2.45, 2.75) is 18.4 Å². The van der Waals surface area contributed by atoms with E-state index in [-0.39, 0.29) is 5.69 Å². The van der Waals surface area contributed by atoms with E-state index < -0.39 is 10.5 Å². The average molecular weight is 239 g/mol. The normalized spacial score (nSPS) is 16.3. The molecule has 5 nitrogen and oxygen atoms in total. The highest BCUT2D eigenvalue weighted by atomic mass is 35.5. The predicted molar refractivity (Wildman–Crippen MR) is 57.1 cm³/mol. The Hall–Kier alpha value is -1.71. The lowest BCUT2D eigenvalue weighted by molar-refractivity contribution is -0.384. The predicted octanol–water partition coefficient (Wildman–Crippen LogP) is 2.57. The summed E-state index contributed by atoms with van der Waals surface area (Å²) in [5, 5.41) is 11.0. The van der Waals surface area contributed by atoms with Crippen molar-refractivity contribution in [2.75, 3.05) is 0 Å². The zero-order chi connectivity index (χ0) is 11.8. The van der Waals surface area contributed by atoms with Crippen LogP contribution in [0.1, 0.15) is 18.4 Å². The number of nitro benzene ring substituents is 1. The van der Waals surface area contributed by atoms with Crippen molar-refractivity contribution < 1.29 is 9.72 Å². The maximum absolute atomic E-state index is 10.6. The molecule has 6 heteroatoms. The molecular formula is C10H7ClN2O3. The number of halogens is 1. The standard InChI is InChI=1S/C10H7ClN2O3/c11-9-2-1-7(13(15)16)5-8(9)10(3-4-10)12-6-14/h1-2,5H,3-4H2. The molecule has 1 saturated carbocycles. The highest BCUT2D eigenvalue weighted by Gasteiger charge is 2.46. The number of hydrogen-bond acceptors (Lipinski definition) is 4. The number of aliphatic imine (C=N–C) groups is 1. The molecule has 0 saturated heterocycles. The molecule has 1 aliphatic rings. The zero-order valence-corrected chi connectivity index (χ0v) is 8.90. The minimum Gasteiger partial charge on any atom is -0.258 e. The summed E-state index contributed by atoms with van der Waals surface area (Å²) in [5.74, 6) is 0. The largest absolute Gasteiger partial charge is 0.269 e. The first-order valence-electron chi connectivity index (χ1n) is 4.62. The Balaban J connectivity index is 2.52. The van der Waals surface area contributed by atoms with E-state index >= 15 is 0 Å². The molecule has 16 heavy (non-hydrogen) atoms. The Morgan fingerprint density at radius 3 is 2.69 bits per heavy atom. The molecule has 0 heterocycles. The minimum atomic E-state index is -0.676. The van der Waals surface area contributed by atoms with E-state index in [1.54, 1.807) is 0 Å². The van der Waals surface area contributed by atoms with E-state index in [9.17, 15) is 14.9 Å². The summed E-state index contributed by atoms with van der Waals surface area (Å²) >= 11 is 5.95. The first-order valence-corrected chi connectivity index (χ1v) is 5.00. The van der Waals surface area contributed by atoms with Gasteiger partial charge in [-0.25, -0.2) is 4.79 Å². The fourth-order valence-electron chi connectivity index (χ4n) is 1.63. The molecule has 1 aromatic carbocycles. The van der Waals surface area contributed by atoms with Crippen LogP contribution in [0, 0.1) is 10.1 Å². The first kappa shape index (κ1) is 10.8. The van der Waals surface area contributed by atoms with Gasteiger partial charge in [-0.05, 0) is 18.9 Å². The number of hydrogen-bond donors (Lipinski definition) is 0. The van der Waals surface area contributed by atoms with Gasteiger partial charge in [0.1, 0.15) is 5.54 Å². The maximum atomic E-state index is 10.6. The SMILES string of the molecule is O=C=NC1(c2cc([N+](=O)[O-])ccc2Cl)CC1. The molecule has 1 aliphatic carbocycles. The lowest BCUT2D eigenvalue weighted by Gasteiger charge is -2.09. The summed E-state index contributed by atoms with van der Waals surface area (Å²) in [6, 6.07) is 4.15. The van der Waals surface area contributed by atoms with Crippen LogP contribution in [0.4, 0.5) is 5.69 Å². The molecule has 0 amide bonds. The highest BCUT2D eigenvalue weighted by Crippen LogP contribution is 2.52. The topological polar surface area (TPSA) is 72.6 Å². The molecular weight excluding hydrogens is 232 g/mol. The summed E-state index contributed by atoms with van der Waals surface area (Å²) in [4.78, 5) is 24.1. The van der Waals surface area contributed by atoms with Crippen LogP contribution in [0.2, 0.25) is 5.02 Å². The summed E-state index contributed by atoms with van der Waals surface area (Å²) in [5.41, 5.74) is -0.191. The van der Waals surface area contributed by atoms with E-state index in [1.807, 2.05) is 0 Å². The van der Waals surface area contributed by atoms with Gasteiger partial charge in [0, 0.05) is 22.7 Å². The Morgan fingerprint density at radius 1 is 1.50 bits per heavy atom. The number of rotatable bonds is 3. The van der Waals surface area contributed by atoms with Gasteiger partial charge in [0.2, 0.25) is 6.08 Å². The Morgan fingerprint density at radius 2 is 2.19 bits per heavy atom. The number of carbonyl (C=O) groups excluding carboxylic acids is 1.